The monoisotopic (exact) mass is 295 g/mol. The third-order valence-corrected chi connectivity index (χ3v) is 2.54. The lowest BCUT2D eigenvalue weighted by molar-refractivity contribution is 0.0636. The second-order valence-corrected chi connectivity index (χ2v) is 5.44. The van der Waals surface area contributed by atoms with Crippen LogP contribution < -0.4 is 14.8 Å². The molecule has 116 valence electrons. The number of methoxy groups -OCH3 is 2. The Hall–Kier alpha value is -2.24. The number of hydrogen-bond acceptors (Lipinski definition) is 5. The van der Waals surface area contributed by atoms with Crippen LogP contribution in [0.2, 0.25) is 0 Å². The van der Waals surface area contributed by atoms with Crippen LogP contribution in [0.3, 0.4) is 0 Å². The fourth-order valence-corrected chi connectivity index (χ4v) is 1.69. The second-order valence-electron chi connectivity index (χ2n) is 5.44. The molecule has 1 amide bonds. The minimum absolute atomic E-state index is 0.206. The van der Waals surface area contributed by atoms with E-state index >= 15 is 0 Å². The normalized spacial score (nSPS) is 10.8. The number of rotatable bonds is 4. The highest BCUT2D eigenvalue weighted by atomic mass is 16.6. The maximum atomic E-state index is 11.8. The number of anilines is 1. The number of ketones is 1. The van der Waals surface area contributed by atoms with Gasteiger partial charge in [0, 0.05) is 11.6 Å². The molecule has 1 aromatic rings. The largest absolute Gasteiger partial charge is 0.493 e. The van der Waals surface area contributed by atoms with Crippen LogP contribution in [-0.2, 0) is 4.74 Å². The average Bonchev–Trinajstić information content (AvgIpc) is 2.35. The number of nitrogens with one attached hydrogen (secondary N) is 1. The Morgan fingerprint density at radius 2 is 1.57 bits per heavy atom. The van der Waals surface area contributed by atoms with Crippen LogP contribution in [0.25, 0.3) is 0 Å². The van der Waals surface area contributed by atoms with Gasteiger partial charge < -0.3 is 14.2 Å². The number of ether oxygens (including phenoxy) is 3. The van der Waals surface area contributed by atoms with Crippen LogP contribution in [0.5, 0.6) is 11.5 Å². The second kappa shape index (κ2) is 6.47. The Labute approximate surface area is 124 Å². The van der Waals surface area contributed by atoms with Crippen LogP contribution in [0.1, 0.15) is 38.1 Å². The minimum Gasteiger partial charge on any atom is -0.493 e. The molecule has 0 aliphatic heterocycles. The van der Waals surface area contributed by atoms with E-state index in [4.69, 9.17) is 14.2 Å². The zero-order valence-electron chi connectivity index (χ0n) is 13.2. The van der Waals surface area contributed by atoms with Crippen LogP contribution in [-0.4, -0.2) is 31.7 Å². The van der Waals surface area contributed by atoms with Crippen LogP contribution >= 0.6 is 0 Å². The van der Waals surface area contributed by atoms with Crippen molar-refractivity contribution in [1.82, 2.24) is 0 Å². The molecule has 0 radical (unpaired) electrons. The highest BCUT2D eigenvalue weighted by Crippen LogP contribution is 2.33. The molecule has 0 saturated carbocycles. The quantitative estimate of drug-likeness (QED) is 0.863. The average molecular weight is 295 g/mol. The van der Waals surface area contributed by atoms with Gasteiger partial charge in [-0.1, -0.05) is 0 Å². The fourth-order valence-electron chi connectivity index (χ4n) is 1.69. The molecule has 1 rings (SSSR count). The summed E-state index contributed by atoms with van der Waals surface area (Å²) in [6, 6.07) is 3.05. The van der Waals surface area contributed by atoms with Crippen LogP contribution in [0.15, 0.2) is 12.1 Å². The van der Waals surface area contributed by atoms with Crippen molar-refractivity contribution in [3.63, 3.8) is 0 Å². The summed E-state index contributed by atoms with van der Waals surface area (Å²) in [5.74, 6) is 0.619. The highest BCUT2D eigenvalue weighted by molar-refractivity contribution is 6.03. The first kappa shape index (κ1) is 16.8. The Balaban J connectivity index is 3.15. The number of Topliss-reactive ketones (excluding diaryl/α,β-unsaturated/α-hetero) is 1. The van der Waals surface area contributed by atoms with Gasteiger partial charge in [0.15, 0.2) is 17.3 Å². The van der Waals surface area contributed by atoms with E-state index in [1.165, 1.54) is 33.3 Å². The summed E-state index contributed by atoms with van der Waals surface area (Å²) in [6.45, 7) is 6.68. The Kier molecular flexibility index (Phi) is 5.18. The smallest absolute Gasteiger partial charge is 0.412 e. The van der Waals surface area contributed by atoms with Crippen LogP contribution in [0, 0.1) is 0 Å². The third kappa shape index (κ3) is 4.66. The standard InChI is InChI=1S/C15H21NO5/c1-9(17)10-7-12(19-5)13(20-6)8-11(10)16-14(18)21-15(2,3)4/h7-8H,1-6H3,(H,16,18). The van der Waals surface area contributed by atoms with E-state index < -0.39 is 11.7 Å². The summed E-state index contributed by atoms with van der Waals surface area (Å²) in [7, 11) is 2.95. The molecule has 1 aromatic carbocycles. The summed E-state index contributed by atoms with van der Waals surface area (Å²) >= 11 is 0. The van der Waals surface area contributed by atoms with E-state index in [2.05, 4.69) is 5.32 Å². The first-order valence-electron chi connectivity index (χ1n) is 6.45. The van der Waals surface area contributed by atoms with Gasteiger partial charge in [-0.25, -0.2) is 4.79 Å². The van der Waals surface area contributed by atoms with Gasteiger partial charge in [0.1, 0.15) is 5.60 Å². The molecule has 0 fully saturated rings. The van der Waals surface area contributed by atoms with Crippen molar-refractivity contribution in [2.45, 2.75) is 33.3 Å². The number of benzene rings is 1. The number of carbonyl (C=O) groups excluding carboxylic acids is 2. The summed E-state index contributed by atoms with van der Waals surface area (Å²) in [5.41, 5.74) is 0.00437. The predicted molar refractivity (Wildman–Crippen MR) is 79.4 cm³/mol. The summed E-state index contributed by atoms with van der Waals surface area (Å²) in [4.78, 5) is 23.6. The molecule has 0 aromatic heterocycles. The first-order chi connectivity index (χ1) is 9.67. The molecule has 0 unspecified atom stereocenters. The molecule has 0 saturated heterocycles. The van der Waals surface area contributed by atoms with Crippen molar-refractivity contribution in [2.24, 2.45) is 0 Å². The van der Waals surface area contributed by atoms with Crippen molar-refractivity contribution >= 4 is 17.6 Å². The molecule has 0 atom stereocenters. The van der Waals surface area contributed by atoms with Gasteiger partial charge in [-0.3, -0.25) is 10.1 Å². The van der Waals surface area contributed by atoms with Gasteiger partial charge in [-0.15, -0.1) is 0 Å². The first-order valence-corrected chi connectivity index (χ1v) is 6.45. The maximum Gasteiger partial charge on any atom is 0.412 e. The van der Waals surface area contributed by atoms with E-state index in [-0.39, 0.29) is 5.78 Å². The molecule has 6 nitrogen and oxygen atoms in total. The molecule has 6 heteroatoms. The zero-order chi connectivity index (χ0) is 16.2. The third-order valence-electron chi connectivity index (χ3n) is 2.54. The molecule has 0 heterocycles. The predicted octanol–water partition coefficient (Wildman–Crippen LogP) is 3.25. The summed E-state index contributed by atoms with van der Waals surface area (Å²) in [6.07, 6.45) is -0.641. The summed E-state index contributed by atoms with van der Waals surface area (Å²) in [5, 5.41) is 2.56. The lowest BCUT2D eigenvalue weighted by atomic mass is 10.1. The molecule has 0 bridgehead atoms. The maximum absolute atomic E-state index is 11.8. The minimum atomic E-state index is -0.641. The number of carbonyl (C=O) groups is 2. The van der Waals surface area contributed by atoms with Gasteiger partial charge >= 0.3 is 6.09 Å². The molecule has 0 spiro atoms. The Morgan fingerprint density at radius 3 is 2.00 bits per heavy atom. The van der Waals surface area contributed by atoms with Crippen molar-refractivity contribution in [3.8, 4) is 11.5 Å². The summed E-state index contributed by atoms with van der Waals surface area (Å²) < 4.78 is 15.5. The van der Waals surface area contributed by atoms with E-state index in [0.29, 0.717) is 22.7 Å². The Morgan fingerprint density at radius 1 is 1.05 bits per heavy atom. The molecule has 0 aliphatic rings. The van der Waals surface area contributed by atoms with Crippen LogP contribution in [0.4, 0.5) is 10.5 Å². The molecule has 1 N–H and O–H groups in total. The molecular formula is C15H21NO5. The van der Waals surface area contributed by atoms with Gasteiger partial charge in [0.2, 0.25) is 0 Å². The van der Waals surface area contributed by atoms with Gasteiger partial charge in [-0.2, -0.15) is 0 Å². The topological polar surface area (TPSA) is 73.9 Å². The van der Waals surface area contributed by atoms with Crippen molar-refractivity contribution in [2.75, 3.05) is 19.5 Å². The van der Waals surface area contributed by atoms with E-state index in [0.717, 1.165) is 0 Å². The van der Waals surface area contributed by atoms with Gasteiger partial charge in [-0.05, 0) is 33.8 Å². The van der Waals surface area contributed by atoms with Gasteiger partial charge in [0.25, 0.3) is 0 Å². The van der Waals surface area contributed by atoms with E-state index in [1.807, 2.05) is 0 Å². The SMILES string of the molecule is COc1cc(NC(=O)OC(C)(C)C)c(C(C)=O)cc1OC. The molecule has 0 aliphatic carbocycles. The number of amides is 1. The van der Waals surface area contributed by atoms with Crippen molar-refractivity contribution in [3.05, 3.63) is 17.7 Å². The van der Waals surface area contributed by atoms with Crippen molar-refractivity contribution < 1.29 is 23.8 Å². The number of hydrogen-bond donors (Lipinski definition) is 1. The highest BCUT2D eigenvalue weighted by Gasteiger charge is 2.20. The lowest BCUT2D eigenvalue weighted by Crippen LogP contribution is -2.27. The molecular weight excluding hydrogens is 274 g/mol. The lowest BCUT2D eigenvalue weighted by Gasteiger charge is -2.20. The zero-order valence-corrected chi connectivity index (χ0v) is 13.2. The molecule has 21 heavy (non-hydrogen) atoms. The van der Waals surface area contributed by atoms with Crippen molar-refractivity contribution in [1.29, 1.82) is 0 Å². The Bertz CT molecular complexity index is 546. The van der Waals surface area contributed by atoms with E-state index in [1.54, 1.807) is 20.8 Å². The van der Waals surface area contributed by atoms with Gasteiger partial charge in [0.05, 0.1) is 19.9 Å². The van der Waals surface area contributed by atoms with E-state index in [9.17, 15) is 9.59 Å². The fraction of sp³-hybridized carbons (Fsp3) is 0.467.